The molecule has 0 radical (unpaired) electrons. The van der Waals surface area contributed by atoms with Crippen LogP contribution in [-0.2, 0) is 6.42 Å². The Morgan fingerprint density at radius 2 is 1.81 bits per heavy atom. The monoisotopic (exact) mass is 341 g/mol. The molecule has 0 atom stereocenters. The minimum Gasteiger partial charge on any atom is -0.268 e. The number of benzene rings is 2. The van der Waals surface area contributed by atoms with Crippen LogP contribution in [0.15, 0.2) is 71.7 Å². The molecule has 0 aliphatic rings. The number of para-hydroxylation sites is 1. The largest absolute Gasteiger partial charge is 0.268 e. The molecule has 0 amide bonds. The zero-order valence-electron chi connectivity index (χ0n) is 14.8. The number of aromatic nitrogens is 3. The van der Waals surface area contributed by atoms with Crippen LogP contribution in [0, 0.1) is 6.92 Å². The number of fused-ring (bicyclic) bond motifs is 1. The fraction of sp³-hybridized carbons (Fsp3) is 0.136. The average Bonchev–Trinajstić information content (AvgIpc) is 2.68. The van der Waals surface area contributed by atoms with Crippen LogP contribution in [0.1, 0.15) is 18.4 Å². The summed E-state index contributed by atoms with van der Waals surface area (Å²) in [6, 6.07) is 19.4. The van der Waals surface area contributed by atoms with Gasteiger partial charge in [-0.15, -0.1) is 0 Å². The summed E-state index contributed by atoms with van der Waals surface area (Å²) in [6.07, 6.45) is 2.45. The van der Waals surface area contributed by atoms with Crippen molar-refractivity contribution < 1.29 is 0 Å². The van der Waals surface area contributed by atoms with E-state index in [-0.39, 0.29) is 5.56 Å². The predicted octanol–water partition coefficient (Wildman–Crippen LogP) is 4.32. The molecule has 128 valence electrons. The summed E-state index contributed by atoms with van der Waals surface area (Å²) in [7, 11) is 0. The summed E-state index contributed by atoms with van der Waals surface area (Å²) in [4.78, 5) is 22.5. The topological polar surface area (TPSA) is 47.8 Å². The summed E-state index contributed by atoms with van der Waals surface area (Å²) >= 11 is 0. The van der Waals surface area contributed by atoms with Gasteiger partial charge in [-0.2, -0.15) is 0 Å². The first-order chi connectivity index (χ1) is 12.7. The Kier molecular flexibility index (Phi) is 4.09. The van der Waals surface area contributed by atoms with Crippen molar-refractivity contribution in [1.29, 1.82) is 0 Å². The number of hydrogen-bond acceptors (Lipinski definition) is 3. The van der Waals surface area contributed by atoms with Gasteiger partial charge in [-0.05, 0) is 48.4 Å². The van der Waals surface area contributed by atoms with E-state index in [9.17, 15) is 4.79 Å². The molecule has 0 fully saturated rings. The molecule has 2 aromatic carbocycles. The second-order valence-corrected chi connectivity index (χ2v) is 6.24. The minimum absolute atomic E-state index is 0.0388. The molecule has 0 spiro atoms. The zero-order chi connectivity index (χ0) is 18.1. The highest BCUT2D eigenvalue weighted by molar-refractivity contribution is 5.94. The number of hydrogen-bond donors (Lipinski definition) is 0. The van der Waals surface area contributed by atoms with Gasteiger partial charge in [0.05, 0.1) is 16.6 Å². The van der Waals surface area contributed by atoms with Crippen molar-refractivity contribution in [3.8, 4) is 16.8 Å². The van der Waals surface area contributed by atoms with E-state index in [0.717, 1.165) is 33.8 Å². The van der Waals surface area contributed by atoms with Crippen LogP contribution in [0.5, 0.6) is 0 Å². The summed E-state index contributed by atoms with van der Waals surface area (Å²) in [5.74, 6) is 0.761. The molecule has 4 nitrogen and oxygen atoms in total. The Hall–Kier alpha value is -3.27. The van der Waals surface area contributed by atoms with Crippen LogP contribution in [-0.4, -0.2) is 14.5 Å². The quantitative estimate of drug-likeness (QED) is 0.557. The lowest BCUT2D eigenvalue weighted by Crippen LogP contribution is -2.24. The van der Waals surface area contributed by atoms with Crippen molar-refractivity contribution in [2.75, 3.05) is 0 Å². The molecule has 4 heteroatoms. The minimum atomic E-state index is -0.0388. The van der Waals surface area contributed by atoms with Crippen molar-refractivity contribution in [3.63, 3.8) is 0 Å². The molecule has 0 aliphatic carbocycles. The van der Waals surface area contributed by atoms with E-state index in [1.54, 1.807) is 10.8 Å². The van der Waals surface area contributed by atoms with Crippen LogP contribution in [0.4, 0.5) is 0 Å². The van der Waals surface area contributed by atoms with Crippen molar-refractivity contribution in [1.82, 2.24) is 14.5 Å². The standard InChI is InChI=1S/C22H19N3O/c1-3-20-24-19-11-7-10-18(16-12-13-23-15(2)14-16)21(19)22(26)25(20)17-8-5-4-6-9-17/h4-14H,3H2,1-2H3. The van der Waals surface area contributed by atoms with Gasteiger partial charge in [-0.25, -0.2) is 4.98 Å². The molecule has 0 saturated carbocycles. The van der Waals surface area contributed by atoms with Gasteiger partial charge in [0.2, 0.25) is 0 Å². The molecule has 0 aliphatic heterocycles. The maximum Gasteiger partial charge on any atom is 0.266 e. The summed E-state index contributed by atoms with van der Waals surface area (Å²) in [6.45, 7) is 3.97. The molecule has 0 saturated heterocycles. The van der Waals surface area contributed by atoms with Gasteiger partial charge in [-0.3, -0.25) is 14.3 Å². The third-order valence-corrected chi connectivity index (χ3v) is 4.51. The normalized spacial score (nSPS) is 11.0. The fourth-order valence-electron chi connectivity index (χ4n) is 3.31. The molecule has 2 aromatic heterocycles. The number of pyridine rings is 1. The summed E-state index contributed by atoms with van der Waals surface area (Å²) in [5, 5.41) is 0.638. The van der Waals surface area contributed by atoms with Crippen LogP contribution in [0.25, 0.3) is 27.7 Å². The number of nitrogens with zero attached hydrogens (tertiary/aromatic N) is 3. The van der Waals surface area contributed by atoms with Crippen molar-refractivity contribution >= 4 is 10.9 Å². The Morgan fingerprint density at radius 3 is 2.54 bits per heavy atom. The zero-order valence-corrected chi connectivity index (χ0v) is 14.8. The summed E-state index contributed by atoms with van der Waals surface area (Å²) in [5.41, 5.74) is 4.31. The Labute approximate surface area is 151 Å². The first-order valence-electron chi connectivity index (χ1n) is 8.72. The molecule has 2 heterocycles. The number of aryl methyl sites for hydroxylation is 2. The van der Waals surface area contributed by atoms with Gasteiger partial charge in [0.25, 0.3) is 5.56 Å². The van der Waals surface area contributed by atoms with E-state index in [4.69, 9.17) is 4.98 Å². The van der Waals surface area contributed by atoms with Crippen molar-refractivity contribution in [3.05, 3.63) is 88.7 Å². The summed E-state index contributed by atoms with van der Waals surface area (Å²) < 4.78 is 1.72. The third kappa shape index (κ3) is 2.69. The lowest BCUT2D eigenvalue weighted by molar-refractivity contribution is 0.833. The van der Waals surface area contributed by atoms with Crippen molar-refractivity contribution in [2.24, 2.45) is 0 Å². The van der Waals surface area contributed by atoms with E-state index < -0.39 is 0 Å². The van der Waals surface area contributed by atoms with E-state index in [1.165, 1.54) is 0 Å². The van der Waals surface area contributed by atoms with Gasteiger partial charge in [0.15, 0.2) is 0 Å². The van der Waals surface area contributed by atoms with Gasteiger partial charge in [0, 0.05) is 18.3 Å². The Balaban J connectivity index is 2.10. The molecular weight excluding hydrogens is 322 g/mol. The maximum atomic E-state index is 13.5. The third-order valence-electron chi connectivity index (χ3n) is 4.51. The van der Waals surface area contributed by atoms with Gasteiger partial charge >= 0.3 is 0 Å². The van der Waals surface area contributed by atoms with E-state index in [2.05, 4.69) is 4.98 Å². The van der Waals surface area contributed by atoms with Crippen LogP contribution in [0.3, 0.4) is 0 Å². The Bertz CT molecular complexity index is 1150. The molecule has 4 rings (SSSR count). The second-order valence-electron chi connectivity index (χ2n) is 6.24. The smallest absolute Gasteiger partial charge is 0.266 e. The van der Waals surface area contributed by atoms with Gasteiger partial charge in [0.1, 0.15) is 5.82 Å². The molecule has 0 unspecified atom stereocenters. The molecular formula is C22H19N3O. The molecule has 4 aromatic rings. The van der Waals surface area contributed by atoms with Crippen molar-refractivity contribution in [2.45, 2.75) is 20.3 Å². The lowest BCUT2D eigenvalue weighted by atomic mass is 10.0. The van der Waals surface area contributed by atoms with Gasteiger partial charge < -0.3 is 0 Å². The highest BCUT2D eigenvalue weighted by atomic mass is 16.1. The van der Waals surface area contributed by atoms with Crippen LogP contribution >= 0.6 is 0 Å². The fourth-order valence-corrected chi connectivity index (χ4v) is 3.31. The first-order valence-corrected chi connectivity index (χ1v) is 8.72. The van der Waals surface area contributed by atoms with E-state index in [1.807, 2.05) is 74.5 Å². The second kappa shape index (κ2) is 6.56. The lowest BCUT2D eigenvalue weighted by Gasteiger charge is -2.14. The van der Waals surface area contributed by atoms with Crippen LogP contribution < -0.4 is 5.56 Å². The number of rotatable bonds is 3. The SMILES string of the molecule is CCc1nc2cccc(-c3ccnc(C)c3)c2c(=O)n1-c1ccccc1. The van der Waals surface area contributed by atoms with E-state index in [0.29, 0.717) is 11.8 Å². The van der Waals surface area contributed by atoms with E-state index >= 15 is 0 Å². The highest BCUT2D eigenvalue weighted by Gasteiger charge is 2.15. The van der Waals surface area contributed by atoms with Gasteiger partial charge in [-0.1, -0.05) is 37.3 Å². The highest BCUT2D eigenvalue weighted by Crippen LogP contribution is 2.26. The predicted molar refractivity (Wildman–Crippen MR) is 105 cm³/mol. The molecule has 26 heavy (non-hydrogen) atoms. The molecule has 0 bridgehead atoms. The first kappa shape index (κ1) is 16.2. The maximum absolute atomic E-state index is 13.5. The molecule has 0 N–H and O–H groups in total. The average molecular weight is 341 g/mol. The van der Waals surface area contributed by atoms with Crippen LogP contribution in [0.2, 0.25) is 0 Å². The Morgan fingerprint density at radius 1 is 1.00 bits per heavy atom.